The van der Waals surface area contributed by atoms with E-state index in [1.54, 1.807) is 6.92 Å². The zero-order chi connectivity index (χ0) is 19.2. The average molecular weight is 399 g/mol. The largest absolute Gasteiger partial charge is 0.355 e. The predicted octanol–water partition coefficient (Wildman–Crippen LogP) is 1.30. The summed E-state index contributed by atoms with van der Waals surface area (Å²) >= 11 is 5.21. The predicted molar refractivity (Wildman–Crippen MR) is 106 cm³/mol. The highest BCUT2D eigenvalue weighted by atomic mass is 32.2. The first-order chi connectivity index (χ1) is 12.3. The molecular weight excluding hydrogens is 372 g/mol. The molecule has 0 saturated carbocycles. The lowest BCUT2D eigenvalue weighted by atomic mass is 9.99. The van der Waals surface area contributed by atoms with Crippen molar-refractivity contribution in [3.63, 3.8) is 0 Å². The fraction of sp³-hybridized carbons (Fsp3) is 0.529. The van der Waals surface area contributed by atoms with Gasteiger partial charge in [-0.2, -0.15) is 0 Å². The third kappa shape index (κ3) is 5.65. The van der Waals surface area contributed by atoms with Gasteiger partial charge in [-0.3, -0.25) is 15.6 Å². The Balaban J connectivity index is 1.81. The van der Waals surface area contributed by atoms with Crippen LogP contribution in [0.4, 0.5) is 0 Å². The molecule has 1 aromatic carbocycles. The minimum Gasteiger partial charge on any atom is -0.355 e. The van der Waals surface area contributed by atoms with Crippen LogP contribution in [0.3, 0.4) is 0 Å². The van der Waals surface area contributed by atoms with Crippen LogP contribution in [0, 0.1) is 5.92 Å². The van der Waals surface area contributed by atoms with Crippen molar-refractivity contribution >= 4 is 33.3 Å². The molecule has 0 radical (unpaired) electrons. The van der Waals surface area contributed by atoms with Crippen molar-refractivity contribution in [2.45, 2.75) is 32.7 Å². The second-order valence-corrected chi connectivity index (χ2v) is 8.98. The minimum absolute atomic E-state index is 0.00651. The number of benzene rings is 1. The molecule has 3 N–H and O–H groups in total. The van der Waals surface area contributed by atoms with E-state index in [4.69, 9.17) is 12.2 Å². The van der Waals surface area contributed by atoms with Crippen LogP contribution in [0.5, 0.6) is 0 Å². The van der Waals surface area contributed by atoms with Gasteiger partial charge in [-0.25, -0.2) is 12.7 Å². The van der Waals surface area contributed by atoms with Crippen LogP contribution in [-0.2, 0) is 14.8 Å². The van der Waals surface area contributed by atoms with E-state index >= 15 is 0 Å². The number of hydrazine groups is 1. The Morgan fingerprint density at radius 2 is 2.00 bits per heavy atom. The van der Waals surface area contributed by atoms with Crippen molar-refractivity contribution in [3.05, 3.63) is 35.9 Å². The van der Waals surface area contributed by atoms with Crippen molar-refractivity contribution < 1.29 is 13.2 Å². The molecule has 0 aliphatic carbocycles. The van der Waals surface area contributed by atoms with Gasteiger partial charge < -0.3 is 5.32 Å². The number of sulfonamides is 1. The second kappa shape index (κ2) is 9.29. The number of piperidine rings is 1. The van der Waals surface area contributed by atoms with Gasteiger partial charge in [-0.05, 0) is 44.5 Å². The van der Waals surface area contributed by atoms with Gasteiger partial charge in [0.05, 0.1) is 17.7 Å². The van der Waals surface area contributed by atoms with Crippen LogP contribution in [-0.4, -0.2) is 42.6 Å². The Kier molecular flexibility index (Phi) is 7.36. The molecule has 7 nitrogen and oxygen atoms in total. The van der Waals surface area contributed by atoms with E-state index in [0.717, 1.165) is 5.56 Å². The molecule has 0 aromatic heterocycles. The molecule has 2 atom stereocenters. The Morgan fingerprint density at radius 1 is 1.31 bits per heavy atom. The van der Waals surface area contributed by atoms with Crippen molar-refractivity contribution in [2.75, 3.05) is 18.8 Å². The average Bonchev–Trinajstić information content (AvgIpc) is 2.66. The maximum atomic E-state index is 12.3. The summed E-state index contributed by atoms with van der Waals surface area (Å²) in [5, 5.41) is 3.40. The molecule has 1 amide bonds. The number of thiocarbonyl (C=S) groups is 1. The van der Waals surface area contributed by atoms with Gasteiger partial charge in [-0.15, -0.1) is 0 Å². The van der Waals surface area contributed by atoms with E-state index in [2.05, 4.69) is 16.2 Å². The Bertz CT molecular complexity index is 725. The van der Waals surface area contributed by atoms with Crippen molar-refractivity contribution in [2.24, 2.45) is 5.92 Å². The molecule has 0 unspecified atom stereocenters. The minimum atomic E-state index is -3.27. The molecule has 0 bridgehead atoms. The molecule has 1 fully saturated rings. The zero-order valence-corrected chi connectivity index (χ0v) is 16.7. The molecule has 2 rings (SSSR count). The van der Waals surface area contributed by atoms with Gasteiger partial charge in [0.1, 0.15) is 0 Å². The third-order valence-corrected chi connectivity index (χ3v) is 6.53. The standard InChI is InChI=1S/C17H26N4O3S2/c1-3-26(23,24)21-11-7-10-15(12-21)16(22)19-20-17(25)18-13(2)14-8-5-4-6-9-14/h4-6,8-9,13,15H,3,7,10-12H2,1-2H3,(H,19,22)(H2,18,20,25)/t13-,15-/m1/s1. The van der Waals surface area contributed by atoms with Gasteiger partial charge in [0.2, 0.25) is 15.9 Å². The van der Waals surface area contributed by atoms with Crippen LogP contribution < -0.4 is 16.2 Å². The van der Waals surface area contributed by atoms with Crippen LogP contribution >= 0.6 is 12.2 Å². The summed E-state index contributed by atoms with van der Waals surface area (Å²) in [5.41, 5.74) is 6.36. The van der Waals surface area contributed by atoms with Crippen LogP contribution in [0.1, 0.15) is 38.3 Å². The summed E-state index contributed by atoms with van der Waals surface area (Å²) in [7, 11) is -3.27. The van der Waals surface area contributed by atoms with Crippen molar-refractivity contribution in [1.29, 1.82) is 0 Å². The lowest BCUT2D eigenvalue weighted by Gasteiger charge is -2.31. The summed E-state index contributed by atoms with van der Waals surface area (Å²) in [6.07, 6.45) is 1.33. The van der Waals surface area contributed by atoms with E-state index in [1.807, 2.05) is 37.3 Å². The number of nitrogens with one attached hydrogen (secondary N) is 3. The highest BCUT2D eigenvalue weighted by Crippen LogP contribution is 2.19. The number of carbonyl (C=O) groups excluding carboxylic acids is 1. The van der Waals surface area contributed by atoms with Crippen LogP contribution in [0.2, 0.25) is 0 Å². The Morgan fingerprint density at radius 3 is 2.65 bits per heavy atom. The van der Waals surface area contributed by atoms with E-state index in [9.17, 15) is 13.2 Å². The fourth-order valence-electron chi connectivity index (χ4n) is 2.87. The summed E-state index contributed by atoms with van der Waals surface area (Å²) in [6.45, 7) is 4.27. The zero-order valence-electron chi connectivity index (χ0n) is 15.1. The van der Waals surface area contributed by atoms with Gasteiger partial charge in [0.25, 0.3) is 0 Å². The highest BCUT2D eigenvalue weighted by molar-refractivity contribution is 7.89. The molecular formula is C17H26N4O3S2. The Labute approximate surface area is 160 Å². The maximum absolute atomic E-state index is 12.3. The molecule has 1 aliphatic heterocycles. The molecule has 144 valence electrons. The highest BCUT2D eigenvalue weighted by Gasteiger charge is 2.31. The van der Waals surface area contributed by atoms with Gasteiger partial charge in [0.15, 0.2) is 5.11 Å². The molecule has 26 heavy (non-hydrogen) atoms. The van der Waals surface area contributed by atoms with Gasteiger partial charge >= 0.3 is 0 Å². The van der Waals surface area contributed by atoms with E-state index in [-0.39, 0.29) is 30.2 Å². The summed E-state index contributed by atoms with van der Waals surface area (Å²) in [5.74, 6) is -0.588. The first kappa shape index (κ1) is 20.6. The van der Waals surface area contributed by atoms with Gasteiger partial charge in [0, 0.05) is 13.1 Å². The van der Waals surface area contributed by atoms with Gasteiger partial charge in [-0.1, -0.05) is 30.3 Å². The molecule has 1 aliphatic rings. The molecule has 1 heterocycles. The SMILES string of the molecule is CCS(=O)(=O)N1CCC[C@@H](C(=O)NNC(=S)N[C@H](C)c2ccccc2)C1. The Hall–Kier alpha value is -1.71. The molecule has 1 aromatic rings. The fourth-order valence-corrected chi connectivity index (χ4v) is 4.28. The van der Waals surface area contributed by atoms with Crippen molar-refractivity contribution in [1.82, 2.24) is 20.5 Å². The topological polar surface area (TPSA) is 90.5 Å². The quantitative estimate of drug-likeness (QED) is 0.512. The first-order valence-corrected chi connectivity index (χ1v) is 10.7. The summed E-state index contributed by atoms with van der Waals surface area (Å²) in [6, 6.07) is 9.82. The molecule has 1 saturated heterocycles. The number of amides is 1. The van der Waals surface area contributed by atoms with E-state index in [0.29, 0.717) is 24.5 Å². The smallest absolute Gasteiger partial charge is 0.242 e. The number of rotatable bonds is 5. The first-order valence-electron chi connectivity index (χ1n) is 8.72. The van der Waals surface area contributed by atoms with Crippen LogP contribution in [0.15, 0.2) is 30.3 Å². The monoisotopic (exact) mass is 398 g/mol. The lowest BCUT2D eigenvalue weighted by Crippen LogP contribution is -2.52. The maximum Gasteiger partial charge on any atom is 0.242 e. The summed E-state index contributed by atoms with van der Waals surface area (Å²) < 4.78 is 25.4. The molecule has 9 heteroatoms. The van der Waals surface area contributed by atoms with Crippen LogP contribution in [0.25, 0.3) is 0 Å². The molecule has 0 spiro atoms. The number of hydrogen-bond donors (Lipinski definition) is 3. The number of carbonyl (C=O) groups is 1. The third-order valence-electron chi connectivity index (χ3n) is 4.46. The normalized spacial score (nSPS) is 19.4. The lowest BCUT2D eigenvalue weighted by molar-refractivity contribution is -0.126. The number of hydrogen-bond acceptors (Lipinski definition) is 4. The van der Waals surface area contributed by atoms with Crippen molar-refractivity contribution in [3.8, 4) is 0 Å². The van der Waals surface area contributed by atoms with E-state index in [1.165, 1.54) is 4.31 Å². The summed E-state index contributed by atoms with van der Waals surface area (Å²) in [4.78, 5) is 12.3. The van der Waals surface area contributed by atoms with E-state index < -0.39 is 10.0 Å². The number of nitrogens with zero attached hydrogens (tertiary/aromatic N) is 1. The second-order valence-electron chi connectivity index (χ2n) is 6.32.